The Morgan fingerprint density at radius 1 is 1.29 bits per heavy atom. The molecule has 0 bridgehead atoms. The van der Waals surface area contributed by atoms with Gasteiger partial charge in [-0.2, -0.15) is 10.5 Å². The highest BCUT2D eigenvalue weighted by Crippen LogP contribution is 2.47. The van der Waals surface area contributed by atoms with Crippen LogP contribution in [-0.2, 0) is 9.53 Å². The number of piperazine rings is 1. The highest BCUT2D eigenvalue weighted by atomic mass is 16.5. The van der Waals surface area contributed by atoms with Crippen molar-refractivity contribution in [2.45, 2.75) is 58.4 Å². The SMILES string of the molecule is C=Cc1cc(-c2c(C3CC3)nc(N3CCN(C(=O)CCCOC)C(C(C)C)C3)c(C#N)c2C)c(C#N)cn1. The summed E-state index contributed by atoms with van der Waals surface area (Å²) in [5.41, 5.74) is 5.03. The molecule has 1 aliphatic carbocycles. The van der Waals surface area contributed by atoms with E-state index in [1.54, 1.807) is 19.4 Å². The Morgan fingerprint density at radius 2 is 2.05 bits per heavy atom. The zero-order valence-corrected chi connectivity index (χ0v) is 22.8. The number of ether oxygens (including phenoxy) is 1. The summed E-state index contributed by atoms with van der Waals surface area (Å²) < 4.78 is 5.13. The molecule has 1 saturated heterocycles. The smallest absolute Gasteiger partial charge is 0.223 e. The number of anilines is 1. The van der Waals surface area contributed by atoms with Gasteiger partial charge in [0.1, 0.15) is 18.0 Å². The monoisotopic (exact) mass is 512 g/mol. The number of hydrogen-bond acceptors (Lipinski definition) is 7. The second-order valence-corrected chi connectivity index (χ2v) is 10.5. The maximum absolute atomic E-state index is 13.0. The van der Waals surface area contributed by atoms with E-state index in [9.17, 15) is 15.3 Å². The number of rotatable bonds is 9. The summed E-state index contributed by atoms with van der Waals surface area (Å²) in [5, 5.41) is 20.2. The second-order valence-electron chi connectivity index (χ2n) is 10.5. The van der Waals surface area contributed by atoms with E-state index >= 15 is 0 Å². The molecule has 38 heavy (non-hydrogen) atoms. The first kappa shape index (κ1) is 27.3. The molecule has 0 spiro atoms. The molecule has 1 aliphatic heterocycles. The minimum atomic E-state index is 0.0250. The zero-order chi connectivity index (χ0) is 27.4. The molecule has 0 N–H and O–H groups in total. The summed E-state index contributed by atoms with van der Waals surface area (Å²) in [6.45, 7) is 12.5. The van der Waals surface area contributed by atoms with E-state index in [4.69, 9.17) is 9.72 Å². The maximum Gasteiger partial charge on any atom is 0.223 e. The average Bonchev–Trinajstić information content (AvgIpc) is 3.77. The molecule has 1 amide bonds. The summed E-state index contributed by atoms with van der Waals surface area (Å²) in [5.74, 6) is 1.39. The molecule has 1 saturated carbocycles. The third-order valence-corrected chi connectivity index (χ3v) is 7.60. The van der Waals surface area contributed by atoms with Gasteiger partial charge in [-0.1, -0.05) is 20.4 Å². The van der Waals surface area contributed by atoms with Crippen LogP contribution in [0.4, 0.5) is 5.82 Å². The normalized spacial score (nSPS) is 17.3. The molecule has 0 radical (unpaired) electrons. The van der Waals surface area contributed by atoms with Crippen molar-refractivity contribution in [3.8, 4) is 23.3 Å². The number of nitriles is 2. The van der Waals surface area contributed by atoms with Crippen molar-refractivity contribution in [2.75, 3.05) is 38.3 Å². The van der Waals surface area contributed by atoms with E-state index in [1.165, 1.54) is 0 Å². The molecule has 4 rings (SSSR count). The predicted octanol–water partition coefficient (Wildman–Crippen LogP) is 4.82. The van der Waals surface area contributed by atoms with Gasteiger partial charge in [0.25, 0.3) is 0 Å². The summed E-state index contributed by atoms with van der Waals surface area (Å²) in [4.78, 5) is 26.6. The molecule has 2 aromatic rings. The van der Waals surface area contributed by atoms with Gasteiger partial charge in [-0.25, -0.2) is 4.98 Å². The Kier molecular flexibility index (Phi) is 8.44. The molecule has 1 unspecified atom stereocenters. The Balaban J connectivity index is 1.75. The highest BCUT2D eigenvalue weighted by Gasteiger charge is 2.36. The lowest BCUT2D eigenvalue weighted by molar-refractivity contribution is -0.135. The molecule has 1 atom stereocenters. The van der Waals surface area contributed by atoms with Crippen LogP contribution in [0.2, 0.25) is 0 Å². The van der Waals surface area contributed by atoms with Crippen molar-refractivity contribution < 1.29 is 9.53 Å². The van der Waals surface area contributed by atoms with E-state index in [0.717, 1.165) is 35.2 Å². The number of aromatic nitrogens is 2. The fraction of sp³-hybridized carbons (Fsp3) is 0.500. The quantitative estimate of drug-likeness (QED) is 0.444. The topological polar surface area (TPSA) is 106 Å². The van der Waals surface area contributed by atoms with Gasteiger partial charge in [-0.15, -0.1) is 0 Å². The number of nitrogens with zero attached hydrogens (tertiary/aromatic N) is 6. The molecule has 3 heterocycles. The van der Waals surface area contributed by atoms with Crippen molar-refractivity contribution >= 4 is 17.8 Å². The van der Waals surface area contributed by atoms with E-state index in [2.05, 4.69) is 42.4 Å². The predicted molar refractivity (Wildman–Crippen MR) is 147 cm³/mol. The number of carbonyl (C=O) groups is 1. The number of methoxy groups -OCH3 is 1. The number of carbonyl (C=O) groups excluding carboxylic acids is 1. The van der Waals surface area contributed by atoms with Gasteiger partial charge in [0, 0.05) is 63.0 Å². The van der Waals surface area contributed by atoms with Crippen LogP contribution >= 0.6 is 0 Å². The maximum atomic E-state index is 13.0. The van der Waals surface area contributed by atoms with Gasteiger partial charge in [0.2, 0.25) is 5.91 Å². The molecule has 2 aliphatic rings. The minimum absolute atomic E-state index is 0.0250. The van der Waals surface area contributed by atoms with E-state index in [1.807, 2.05) is 17.9 Å². The molecular weight excluding hydrogens is 476 g/mol. The van der Waals surface area contributed by atoms with Gasteiger partial charge in [0.05, 0.1) is 28.6 Å². The van der Waals surface area contributed by atoms with Crippen molar-refractivity contribution in [1.29, 1.82) is 10.5 Å². The first-order valence-corrected chi connectivity index (χ1v) is 13.3. The van der Waals surface area contributed by atoms with Crippen LogP contribution in [0.1, 0.15) is 73.5 Å². The van der Waals surface area contributed by atoms with Crippen molar-refractivity contribution in [3.05, 3.63) is 46.9 Å². The average molecular weight is 513 g/mol. The summed E-state index contributed by atoms with van der Waals surface area (Å²) in [6, 6.07) is 6.57. The van der Waals surface area contributed by atoms with Gasteiger partial charge in [-0.05, 0) is 49.8 Å². The molecule has 0 aromatic carbocycles. The van der Waals surface area contributed by atoms with Gasteiger partial charge in [0.15, 0.2) is 0 Å². The molecule has 2 fully saturated rings. The second kappa shape index (κ2) is 11.8. The Hall–Kier alpha value is -3.75. The van der Waals surface area contributed by atoms with Gasteiger partial charge < -0.3 is 14.5 Å². The first-order valence-electron chi connectivity index (χ1n) is 13.3. The zero-order valence-electron chi connectivity index (χ0n) is 22.8. The Bertz CT molecular complexity index is 1300. The van der Waals surface area contributed by atoms with E-state index < -0.39 is 0 Å². The Morgan fingerprint density at radius 3 is 2.66 bits per heavy atom. The Labute approximate surface area is 225 Å². The van der Waals surface area contributed by atoms with Gasteiger partial charge in [-0.3, -0.25) is 9.78 Å². The minimum Gasteiger partial charge on any atom is -0.385 e. The third kappa shape index (κ3) is 5.42. The van der Waals surface area contributed by atoms with Crippen molar-refractivity contribution in [1.82, 2.24) is 14.9 Å². The lowest BCUT2D eigenvalue weighted by Crippen LogP contribution is -2.57. The molecule has 8 nitrogen and oxygen atoms in total. The molecule has 8 heteroatoms. The standard InChI is InChI=1S/C30H36N6O2/c1-6-23-14-24(22(15-31)17-33-23)28-20(4)25(16-32)30(34-29(28)21-9-10-21)35-11-12-36(26(18-35)19(2)3)27(37)8-7-13-38-5/h6,14,17,19,21,26H,1,7-13,18H2,2-5H3. The highest BCUT2D eigenvalue weighted by molar-refractivity contribution is 5.81. The van der Waals surface area contributed by atoms with Crippen LogP contribution < -0.4 is 4.90 Å². The number of hydrogen-bond donors (Lipinski definition) is 0. The fourth-order valence-electron chi connectivity index (χ4n) is 5.34. The van der Waals surface area contributed by atoms with Crippen LogP contribution in [0, 0.1) is 35.5 Å². The fourth-order valence-corrected chi connectivity index (χ4v) is 5.34. The first-order chi connectivity index (χ1) is 18.3. The molecule has 198 valence electrons. The van der Waals surface area contributed by atoms with Crippen LogP contribution in [0.15, 0.2) is 18.8 Å². The lowest BCUT2D eigenvalue weighted by Gasteiger charge is -2.44. The number of pyridine rings is 2. The third-order valence-electron chi connectivity index (χ3n) is 7.60. The number of amides is 1. The van der Waals surface area contributed by atoms with E-state index in [-0.39, 0.29) is 17.9 Å². The van der Waals surface area contributed by atoms with Crippen molar-refractivity contribution in [2.24, 2.45) is 5.92 Å². The van der Waals surface area contributed by atoms with E-state index in [0.29, 0.717) is 67.6 Å². The lowest BCUT2D eigenvalue weighted by atomic mass is 9.90. The summed E-state index contributed by atoms with van der Waals surface area (Å²) >= 11 is 0. The van der Waals surface area contributed by atoms with Crippen LogP contribution in [0.25, 0.3) is 17.2 Å². The van der Waals surface area contributed by atoms with Crippen LogP contribution in [-0.4, -0.2) is 60.2 Å². The molecular formula is C30H36N6O2. The summed E-state index contributed by atoms with van der Waals surface area (Å²) in [6.07, 6.45) is 6.47. The van der Waals surface area contributed by atoms with Crippen LogP contribution in [0.3, 0.4) is 0 Å². The van der Waals surface area contributed by atoms with Crippen molar-refractivity contribution in [3.63, 3.8) is 0 Å². The largest absolute Gasteiger partial charge is 0.385 e. The summed E-state index contributed by atoms with van der Waals surface area (Å²) in [7, 11) is 1.65. The van der Waals surface area contributed by atoms with Crippen LogP contribution in [0.5, 0.6) is 0 Å². The van der Waals surface area contributed by atoms with Gasteiger partial charge >= 0.3 is 0 Å². The molecule has 2 aromatic heterocycles.